The molecule has 1 saturated heterocycles. The minimum absolute atomic E-state index is 0.101. The molecule has 0 N–H and O–H groups in total. The van der Waals surface area contributed by atoms with E-state index in [9.17, 15) is 4.79 Å². The zero-order chi connectivity index (χ0) is 20.2. The van der Waals surface area contributed by atoms with E-state index in [1.807, 2.05) is 41.3 Å². The largest absolute Gasteiger partial charge is 0.310 e. The zero-order valence-electron chi connectivity index (χ0n) is 17.1. The summed E-state index contributed by atoms with van der Waals surface area (Å²) in [5.41, 5.74) is 4.29. The van der Waals surface area contributed by atoms with Crippen molar-refractivity contribution in [1.29, 1.82) is 5.26 Å². The highest BCUT2D eigenvalue weighted by atomic mass is 16.2. The van der Waals surface area contributed by atoms with Crippen LogP contribution in [0.2, 0.25) is 0 Å². The summed E-state index contributed by atoms with van der Waals surface area (Å²) in [7, 11) is 0. The molecule has 5 nitrogen and oxygen atoms in total. The van der Waals surface area contributed by atoms with E-state index in [-0.39, 0.29) is 11.9 Å². The van der Waals surface area contributed by atoms with Crippen molar-refractivity contribution in [1.82, 2.24) is 9.80 Å². The second-order valence-electron chi connectivity index (χ2n) is 8.02. The van der Waals surface area contributed by atoms with E-state index < -0.39 is 0 Å². The molecule has 0 radical (unpaired) electrons. The Morgan fingerprint density at radius 1 is 1.03 bits per heavy atom. The maximum absolute atomic E-state index is 13.2. The fourth-order valence-electron chi connectivity index (χ4n) is 4.43. The van der Waals surface area contributed by atoms with Crippen molar-refractivity contribution >= 4 is 11.6 Å². The molecule has 5 heteroatoms. The Morgan fingerprint density at radius 3 is 2.62 bits per heavy atom. The summed E-state index contributed by atoms with van der Waals surface area (Å²) in [6.45, 7) is 7.57. The molecule has 2 aliphatic rings. The van der Waals surface area contributed by atoms with Gasteiger partial charge < -0.3 is 4.90 Å². The highest BCUT2D eigenvalue weighted by molar-refractivity contribution is 5.98. The number of carbonyl (C=O) groups is 1. The number of hydrogen-bond donors (Lipinski definition) is 0. The van der Waals surface area contributed by atoms with Gasteiger partial charge in [-0.15, -0.1) is 0 Å². The number of fused-ring (bicyclic) bond motifs is 1. The van der Waals surface area contributed by atoms with Gasteiger partial charge in [-0.1, -0.05) is 30.3 Å². The number of amides is 1. The van der Waals surface area contributed by atoms with Crippen molar-refractivity contribution in [3.63, 3.8) is 0 Å². The molecule has 2 aliphatic heterocycles. The zero-order valence-corrected chi connectivity index (χ0v) is 17.1. The van der Waals surface area contributed by atoms with Crippen LogP contribution >= 0.6 is 0 Å². The number of carbonyl (C=O) groups excluding carboxylic acids is 1. The van der Waals surface area contributed by atoms with Crippen molar-refractivity contribution in [2.24, 2.45) is 0 Å². The maximum Gasteiger partial charge on any atom is 0.244 e. The molecule has 0 bridgehead atoms. The minimum Gasteiger partial charge on any atom is -0.310 e. The number of hydrogen-bond acceptors (Lipinski definition) is 4. The number of para-hydroxylation sites is 1. The van der Waals surface area contributed by atoms with Crippen LogP contribution in [0.4, 0.5) is 5.69 Å². The monoisotopic (exact) mass is 388 g/mol. The second kappa shape index (κ2) is 8.77. The molecule has 1 amide bonds. The van der Waals surface area contributed by atoms with Gasteiger partial charge in [-0.3, -0.25) is 14.6 Å². The van der Waals surface area contributed by atoms with E-state index in [2.05, 4.69) is 34.9 Å². The molecular formula is C24H28N4O. The molecule has 150 valence electrons. The van der Waals surface area contributed by atoms with Crippen molar-refractivity contribution < 1.29 is 4.79 Å². The van der Waals surface area contributed by atoms with Crippen LogP contribution in [-0.2, 0) is 17.8 Å². The smallest absolute Gasteiger partial charge is 0.244 e. The van der Waals surface area contributed by atoms with E-state index in [4.69, 9.17) is 5.26 Å². The van der Waals surface area contributed by atoms with Gasteiger partial charge in [-0.05, 0) is 55.6 Å². The molecule has 1 fully saturated rings. The lowest BCUT2D eigenvalue weighted by atomic mass is 10.1. The Morgan fingerprint density at radius 2 is 1.83 bits per heavy atom. The summed E-state index contributed by atoms with van der Waals surface area (Å²) < 4.78 is 0. The van der Waals surface area contributed by atoms with Crippen LogP contribution in [0.5, 0.6) is 0 Å². The first-order valence-electron chi connectivity index (χ1n) is 10.5. The number of rotatable bonds is 4. The van der Waals surface area contributed by atoms with Crippen molar-refractivity contribution in [2.75, 3.05) is 37.6 Å². The second-order valence-corrected chi connectivity index (χ2v) is 8.02. The third kappa shape index (κ3) is 4.34. The molecule has 2 heterocycles. The van der Waals surface area contributed by atoms with Gasteiger partial charge in [0.1, 0.15) is 0 Å². The number of anilines is 1. The molecule has 0 aromatic heterocycles. The molecule has 2 aromatic rings. The highest BCUT2D eigenvalue weighted by Gasteiger charge is 2.31. The molecule has 0 spiro atoms. The van der Waals surface area contributed by atoms with E-state index in [0.717, 1.165) is 57.8 Å². The molecule has 4 rings (SSSR count). The molecule has 2 aromatic carbocycles. The summed E-state index contributed by atoms with van der Waals surface area (Å²) in [4.78, 5) is 20.0. The Hall–Kier alpha value is -2.68. The Kier molecular flexibility index (Phi) is 5.94. The van der Waals surface area contributed by atoms with Crippen molar-refractivity contribution in [3.05, 3.63) is 65.2 Å². The average Bonchev–Trinajstić information content (AvgIpc) is 3.05. The molecule has 29 heavy (non-hydrogen) atoms. The average molecular weight is 389 g/mol. The van der Waals surface area contributed by atoms with Crippen LogP contribution in [0, 0.1) is 11.3 Å². The molecule has 1 unspecified atom stereocenters. The lowest BCUT2D eigenvalue weighted by Crippen LogP contribution is -2.48. The lowest BCUT2D eigenvalue weighted by molar-refractivity contribution is -0.123. The maximum atomic E-state index is 13.2. The summed E-state index contributed by atoms with van der Waals surface area (Å²) in [5, 5.41) is 8.95. The Balaban J connectivity index is 1.35. The first-order chi connectivity index (χ1) is 14.2. The van der Waals surface area contributed by atoms with Gasteiger partial charge >= 0.3 is 0 Å². The quantitative estimate of drug-likeness (QED) is 0.808. The van der Waals surface area contributed by atoms with Gasteiger partial charge in [0.25, 0.3) is 0 Å². The fourth-order valence-corrected chi connectivity index (χ4v) is 4.43. The first-order valence-corrected chi connectivity index (χ1v) is 10.5. The van der Waals surface area contributed by atoms with Crippen molar-refractivity contribution in [2.45, 2.75) is 32.4 Å². The third-order valence-corrected chi connectivity index (χ3v) is 6.17. The van der Waals surface area contributed by atoms with E-state index in [1.165, 1.54) is 11.1 Å². The summed E-state index contributed by atoms with van der Waals surface area (Å²) in [6.07, 6.45) is 2.01. The summed E-state index contributed by atoms with van der Waals surface area (Å²) in [6, 6.07) is 18.2. The van der Waals surface area contributed by atoms with Gasteiger partial charge in [0.2, 0.25) is 5.91 Å². The topological polar surface area (TPSA) is 50.6 Å². The molecule has 0 aliphatic carbocycles. The molecule has 0 saturated carbocycles. The van der Waals surface area contributed by atoms with Gasteiger partial charge in [0, 0.05) is 38.4 Å². The van der Waals surface area contributed by atoms with Crippen LogP contribution in [0.25, 0.3) is 0 Å². The number of nitrogens with zero attached hydrogens (tertiary/aromatic N) is 4. The van der Waals surface area contributed by atoms with Gasteiger partial charge in [0.15, 0.2) is 0 Å². The molecule has 1 atom stereocenters. The van der Waals surface area contributed by atoms with E-state index >= 15 is 0 Å². The van der Waals surface area contributed by atoms with Gasteiger partial charge in [0.05, 0.1) is 17.7 Å². The fraction of sp³-hybridized carbons (Fsp3) is 0.417. The predicted octanol–water partition coefficient (Wildman–Crippen LogP) is 3.04. The SMILES string of the molecule is CC(C(=O)N1CCc2ccccc21)N1CCCN(Cc2ccc(C#N)cc2)CC1. The van der Waals surface area contributed by atoms with Crippen LogP contribution in [0.3, 0.4) is 0 Å². The Labute approximate surface area is 173 Å². The molecular weight excluding hydrogens is 360 g/mol. The van der Waals surface area contributed by atoms with Gasteiger partial charge in [-0.2, -0.15) is 5.26 Å². The third-order valence-electron chi connectivity index (χ3n) is 6.17. The van der Waals surface area contributed by atoms with Gasteiger partial charge in [-0.25, -0.2) is 0 Å². The summed E-state index contributed by atoms with van der Waals surface area (Å²) >= 11 is 0. The predicted molar refractivity (Wildman–Crippen MR) is 115 cm³/mol. The van der Waals surface area contributed by atoms with E-state index in [1.54, 1.807) is 0 Å². The Bertz CT molecular complexity index is 902. The first kappa shape index (κ1) is 19.6. The highest BCUT2D eigenvalue weighted by Crippen LogP contribution is 2.28. The van der Waals surface area contributed by atoms with Crippen molar-refractivity contribution in [3.8, 4) is 6.07 Å². The number of nitriles is 1. The number of benzene rings is 2. The van der Waals surface area contributed by atoms with Crippen LogP contribution < -0.4 is 4.90 Å². The normalized spacial score (nSPS) is 18.7. The van der Waals surface area contributed by atoms with Crippen LogP contribution in [0.15, 0.2) is 48.5 Å². The van der Waals surface area contributed by atoms with Crippen LogP contribution in [-0.4, -0.2) is 54.5 Å². The lowest BCUT2D eigenvalue weighted by Gasteiger charge is -2.30. The standard InChI is InChI=1S/C24H28N4O/c1-19(24(29)28-14-11-22-5-2-3-6-23(22)28)27-13-4-12-26(15-16-27)18-21-9-7-20(17-25)8-10-21/h2-3,5-10,19H,4,11-16,18H2,1H3. The minimum atomic E-state index is -0.101. The summed E-state index contributed by atoms with van der Waals surface area (Å²) in [5.74, 6) is 0.218. The van der Waals surface area contributed by atoms with Crippen LogP contribution in [0.1, 0.15) is 30.0 Å². The van der Waals surface area contributed by atoms with E-state index in [0.29, 0.717) is 5.56 Å².